The minimum absolute atomic E-state index is 0.0194. The van der Waals surface area contributed by atoms with Crippen molar-refractivity contribution in [2.75, 3.05) is 33.9 Å². The molecule has 0 N–H and O–H groups in total. The number of methoxy groups -OCH3 is 2. The zero-order valence-corrected chi connectivity index (χ0v) is 18.7. The number of carbonyl (C=O) groups excluding carboxylic acids is 1. The number of nitrogens with zero attached hydrogens (tertiary/aromatic N) is 4. The summed E-state index contributed by atoms with van der Waals surface area (Å²) in [6.07, 6.45) is 5.64. The van der Waals surface area contributed by atoms with E-state index in [0.29, 0.717) is 37.0 Å². The molecule has 1 aromatic carbocycles. The summed E-state index contributed by atoms with van der Waals surface area (Å²) in [7, 11) is 3.31. The van der Waals surface area contributed by atoms with Crippen LogP contribution in [0.15, 0.2) is 47.2 Å². The van der Waals surface area contributed by atoms with Crippen LogP contribution in [0.4, 0.5) is 0 Å². The van der Waals surface area contributed by atoms with Crippen molar-refractivity contribution in [1.29, 1.82) is 0 Å². The zero-order valence-electron chi connectivity index (χ0n) is 18.7. The van der Waals surface area contributed by atoms with Crippen LogP contribution in [0.2, 0.25) is 0 Å². The molecule has 0 radical (unpaired) electrons. The number of likely N-dealkylation sites (tertiary alicyclic amines) is 1. The number of piperidine rings is 1. The van der Waals surface area contributed by atoms with Gasteiger partial charge in [0.25, 0.3) is 11.8 Å². The van der Waals surface area contributed by atoms with E-state index in [9.17, 15) is 4.79 Å². The first kappa shape index (κ1) is 22.0. The first-order chi connectivity index (χ1) is 15.6. The fourth-order valence-electron chi connectivity index (χ4n) is 4.30. The lowest BCUT2D eigenvalue weighted by atomic mass is 9.75. The normalized spacial score (nSPS) is 15.5. The van der Waals surface area contributed by atoms with Gasteiger partial charge in [0, 0.05) is 55.7 Å². The Balaban J connectivity index is 1.54. The number of amides is 1. The summed E-state index contributed by atoms with van der Waals surface area (Å²) in [5.74, 6) is 1.86. The molecular formula is C24H28N4O4. The molecular weight excluding hydrogens is 408 g/mol. The van der Waals surface area contributed by atoms with E-state index in [4.69, 9.17) is 19.0 Å². The van der Waals surface area contributed by atoms with E-state index in [1.54, 1.807) is 26.6 Å². The molecule has 0 unspecified atom stereocenters. The maximum Gasteiger partial charge on any atom is 0.259 e. The zero-order chi connectivity index (χ0) is 22.6. The predicted octanol–water partition coefficient (Wildman–Crippen LogP) is 3.66. The van der Waals surface area contributed by atoms with Crippen LogP contribution in [0, 0.1) is 6.92 Å². The Labute approximate surface area is 187 Å². The lowest BCUT2D eigenvalue weighted by Gasteiger charge is -2.40. The maximum absolute atomic E-state index is 13.2. The molecule has 1 amide bonds. The molecule has 1 aliphatic heterocycles. The van der Waals surface area contributed by atoms with Gasteiger partial charge in [0.1, 0.15) is 5.75 Å². The minimum atomic E-state index is -0.305. The largest absolute Gasteiger partial charge is 0.496 e. The van der Waals surface area contributed by atoms with Crippen LogP contribution in [-0.2, 0) is 10.2 Å². The van der Waals surface area contributed by atoms with Gasteiger partial charge in [0.05, 0.1) is 12.7 Å². The van der Waals surface area contributed by atoms with Gasteiger partial charge in [-0.2, -0.15) is 4.98 Å². The Kier molecular flexibility index (Phi) is 6.50. The molecule has 1 saturated heterocycles. The van der Waals surface area contributed by atoms with Crippen molar-refractivity contribution >= 4 is 5.91 Å². The van der Waals surface area contributed by atoms with Gasteiger partial charge in [-0.3, -0.25) is 9.78 Å². The Morgan fingerprint density at radius 2 is 2.00 bits per heavy atom. The smallest absolute Gasteiger partial charge is 0.259 e. The minimum Gasteiger partial charge on any atom is -0.496 e. The molecule has 0 atom stereocenters. The second-order valence-electron chi connectivity index (χ2n) is 8.11. The molecule has 3 heterocycles. The van der Waals surface area contributed by atoms with Crippen molar-refractivity contribution < 1.29 is 18.8 Å². The highest BCUT2D eigenvalue weighted by Crippen LogP contribution is 2.38. The average molecular weight is 437 g/mol. The third-order valence-corrected chi connectivity index (χ3v) is 6.34. The highest BCUT2D eigenvalue weighted by molar-refractivity contribution is 5.96. The van der Waals surface area contributed by atoms with E-state index < -0.39 is 0 Å². The summed E-state index contributed by atoms with van der Waals surface area (Å²) >= 11 is 0. The lowest BCUT2D eigenvalue weighted by Crippen LogP contribution is -2.46. The van der Waals surface area contributed by atoms with Crippen molar-refractivity contribution in [2.24, 2.45) is 0 Å². The van der Waals surface area contributed by atoms with Gasteiger partial charge < -0.3 is 18.9 Å². The molecule has 1 aliphatic rings. The van der Waals surface area contributed by atoms with Gasteiger partial charge in [0.2, 0.25) is 0 Å². The standard InChI is InChI=1S/C24H28N4O4/c1-17-19(7-4-8-20(17)31-3)22(29)28-13-9-24(10-14-28,11-15-30-2)23-26-21(32-27-23)18-6-5-12-25-16-18/h4-8,12,16H,9-11,13-15H2,1-3H3. The number of pyridine rings is 1. The highest BCUT2D eigenvalue weighted by Gasteiger charge is 2.41. The Bertz CT molecular complexity index is 1060. The molecule has 0 aliphatic carbocycles. The number of hydrogen-bond donors (Lipinski definition) is 0. The second-order valence-corrected chi connectivity index (χ2v) is 8.11. The fourth-order valence-corrected chi connectivity index (χ4v) is 4.30. The van der Waals surface area contributed by atoms with Crippen LogP contribution in [0.1, 0.15) is 41.0 Å². The summed E-state index contributed by atoms with van der Waals surface area (Å²) in [5, 5.41) is 4.32. The van der Waals surface area contributed by atoms with Gasteiger partial charge in [-0.1, -0.05) is 11.2 Å². The fraction of sp³-hybridized carbons (Fsp3) is 0.417. The average Bonchev–Trinajstić information content (AvgIpc) is 3.34. The molecule has 3 aromatic rings. The first-order valence-electron chi connectivity index (χ1n) is 10.7. The Morgan fingerprint density at radius 1 is 1.19 bits per heavy atom. The molecule has 32 heavy (non-hydrogen) atoms. The van der Waals surface area contributed by atoms with Gasteiger partial charge in [-0.25, -0.2) is 0 Å². The monoisotopic (exact) mass is 436 g/mol. The molecule has 1 fully saturated rings. The van der Waals surface area contributed by atoms with E-state index in [1.807, 2.05) is 42.2 Å². The quantitative estimate of drug-likeness (QED) is 0.558. The van der Waals surface area contributed by atoms with Crippen LogP contribution in [0.5, 0.6) is 5.75 Å². The third kappa shape index (κ3) is 4.23. The summed E-state index contributed by atoms with van der Waals surface area (Å²) in [6.45, 7) is 3.71. The number of aromatic nitrogens is 3. The Morgan fingerprint density at radius 3 is 2.69 bits per heavy atom. The lowest BCUT2D eigenvalue weighted by molar-refractivity contribution is 0.0615. The van der Waals surface area contributed by atoms with Crippen molar-refractivity contribution in [2.45, 2.75) is 31.6 Å². The molecule has 2 aromatic heterocycles. The van der Waals surface area contributed by atoms with Crippen LogP contribution in [0.3, 0.4) is 0 Å². The van der Waals surface area contributed by atoms with Crippen molar-refractivity contribution in [3.05, 3.63) is 59.7 Å². The van der Waals surface area contributed by atoms with E-state index in [-0.39, 0.29) is 11.3 Å². The molecule has 8 heteroatoms. The van der Waals surface area contributed by atoms with Crippen molar-refractivity contribution in [1.82, 2.24) is 20.0 Å². The van der Waals surface area contributed by atoms with Crippen molar-refractivity contribution in [3.8, 4) is 17.2 Å². The van der Waals surface area contributed by atoms with Crippen molar-refractivity contribution in [3.63, 3.8) is 0 Å². The predicted molar refractivity (Wildman–Crippen MR) is 119 cm³/mol. The number of rotatable bonds is 7. The summed E-state index contributed by atoms with van der Waals surface area (Å²) in [4.78, 5) is 24.0. The number of ether oxygens (including phenoxy) is 2. The van der Waals surface area contributed by atoms with Crippen LogP contribution in [-0.4, -0.2) is 59.8 Å². The summed E-state index contributed by atoms with van der Waals surface area (Å²) in [6, 6.07) is 9.31. The number of benzene rings is 1. The molecule has 8 nitrogen and oxygen atoms in total. The van der Waals surface area contributed by atoms with Gasteiger partial charge in [0.15, 0.2) is 5.82 Å². The van der Waals surface area contributed by atoms with E-state index in [0.717, 1.165) is 36.1 Å². The third-order valence-electron chi connectivity index (χ3n) is 6.34. The number of carbonyl (C=O) groups is 1. The highest BCUT2D eigenvalue weighted by atomic mass is 16.5. The van der Waals surface area contributed by atoms with Gasteiger partial charge >= 0.3 is 0 Å². The van der Waals surface area contributed by atoms with Gasteiger partial charge in [-0.05, 0) is 50.5 Å². The topological polar surface area (TPSA) is 90.6 Å². The van der Waals surface area contributed by atoms with Gasteiger partial charge in [-0.15, -0.1) is 0 Å². The molecule has 4 rings (SSSR count). The van der Waals surface area contributed by atoms with E-state index in [1.165, 1.54) is 0 Å². The Hall–Kier alpha value is -3.26. The second kappa shape index (κ2) is 9.48. The molecule has 0 spiro atoms. The van der Waals surface area contributed by atoms with E-state index >= 15 is 0 Å². The molecule has 0 bridgehead atoms. The van der Waals surface area contributed by atoms with Crippen LogP contribution < -0.4 is 4.74 Å². The number of hydrogen-bond acceptors (Lipinski definition) is 7. The summed E-state index contributed by atoms with van der Waals surface area (Å²) in [5.41, 5.74) is 2.01. The van der Waals surface area contributed by atoms with Crippen LogP contribution in [0.25, 0.3) is 11.5 Å². The molecule has 0 saturated carbocycles. The maximum atomic E-state index is 13.2. The SMILES string of the molecule is COCCC1(c2noc(-c3cccnc3)n2)CCN(C(=O)c2cccc(OC)c2C)CC1. The van der Waals surface area contributed by atoms with Crippen LogP contribution >= 0.6 is 0 Å². The first-order valence-corrected chi connectivity index (χ1v) is 10.7. The van der Waals surface area contributed by atoms with E-state index in [2.05, 4.69) is 10.1 Å². The molecule has 168 valence electrons. The summed E-state index contributed by atoms with van der Waals surface area (Å²) < 4.78 is 16.3.